The van der Waals surface area contributed by atoms with E-state index in [0.717, 1.165) is 18.8 Å². The lowest BCUT2D eigenvalue weighted by molar-refractivity contribution is 0.0929. The summed E-state index contributed by atoms with van der Waals surface area (Å²) in [6.07, 6.45) is 2.93. The minimum atomic E-state index is 0.538. The zero-order chi connectivity index (χ0) is 11.8. The van der Waals surface area contributed by atoms with Gasteiger partial charge in [-0.15, -0.1) is 6.58 Å². The highest BCUT2D eigenvalue weighted by Crippen LogP contribution is 2.12. The van der Waals surface area contributed by atoms with E-state index in [2.05, 4.69) is 13.5 Å². The van der Waals surface area contributed by atoms with E-state index in [1.807, 2.05) is 30.3 Å². The first-order chi connectivity index (χ1) is 7.76. The SMILES string of the molecule is C=CC[C@H](C)COCc1ccc(OC)cc1. The summed E-state index contributed by atoms with van der Waals surface area (Å²) >= 11 is 0. The Labute approximate surface area is 97.9 Å². The minimum absolute atomic E-state index is 0.538. The molecular formula is C14H20O2. The van der Waals surface area contributed by atoms with Crippen LogP contribution in [0.15, 0.2) is 36.9 Å². The summed E-state index contributed by atoms with van der Waals surface area (Å²) < 4.78 is 10.7. The second-order valence-electron chi connectivity index (χ2n) is 3.99. The molecule has 0 bridgehead atoms. The van der Waals surface area contributed by atoms with Crippen LogP contribution in [0.3, 0.4) is 0 Å². The van der Waals surface area contributed by atoms with Crippen molar-refractivity contribution in [3.63, 3.8) is 0 Å². The fourth-order valence-electron chi connectivity index (χ4n) is 1.45. The number of allylic oxidation sites excluding steroid dienone is 1. The Balaban J connectivity index is 2.28. The maximum atomic E-state index is 5.62. The number of methoxy groups -OCH3 is 1. The van der Waals surface area contributed by atoms with Gasteiger partial charge in [-0.05, 0) is 30.0 Å². The first-order valence-electron chi connectivity index (χ1n) is 5.57. The second kappa shape index (κ2) is 7.07. The van der Waals surface area contributed by atoms with Crippen molar-refractivity contribution in [2.24, 2.45) is 5.92 Å². The lowest BCUT2D eigenvalue weighted by Gasteiger charge is -2.10. The largest absolute Gasteiger partial charge is 0.497 e. The molecule has 2 heteroatoms. The molecule has 0 aliphatic carbocycles. The van der Waals surface area contributed by atoms with Gasteiger partial charge in [0.15, 0.2) is 0 Å². The highest BCUT2D eigenvalue weighted by atomic mass is 16.5. The molecule has 0 aliphatic heterocycles. The first kappa shape index (κ1) is 12.8. The Bertz CT molecular complexity index is 303. The van der Waals surface area contributed by atoms with Crippen LogP contribution in [0.25, 0.3) is 0 Å². The number of ether oxygens (including phenoxy) is 2. The third kappa shape index (κ3) is 4.49. The van der Waals surface area contributed by atoms with Gasteiger partial charge in [-0.25, -0.2) is 0 Å². The first-order valence-corrected chi connectivity index (χ1v) is 5.57. The minimum Gasteiger partial charge on any atom is -0.497 e. The molecule has 0 aromatic heterocycles. The highest BCUT2D eigenvalue weighted by molar-refractivity contribution is 5.26. The molecule has 0 saturated heterocycles. The third-order valence-corrected chi connectivity index (χ3v) is 2.40. The van der Waals surface area contributed by atoms with E-state index in [0.29, 0.717) is 12.5 Å². The Morgan fingerprint density at radius 2 is 2.00 bits per heavy atom. The van der Waals surface area contributed by atoms with Gasteiger partial charge >= 0.3 is 0 Å². The molecule has 0 radical (unpaired) electrons. The Hall–Kier alpha value is -1.28. The molecule has 2 nitrogen and oxygen atoms in total. The molecule has 0 amide bonds. The van der Waals surface area contributed by atoms with Crippen molar-refractivity contribution in [2.45, 2.75) is 20.0 Å². The molecule has 0 heterocycles. The van der Waals surface area contributed by atoms with Crippen LogP contribution < -0.4 is 4.74 Å². The molecule has 0 fully saturated rings. The van der Waals surface area contributed by atoms with Gasteiger partial charge in [0.05, 0.1) is 13.7 Å². The van der Waals surface area contributed by atoms with Crippen LogP contribution in [0.2, 0.25) is 0 Å². The number of rotatable bonds is 7. The van der Waals surface area contributed by atoms with Crippen LogP contribution in [0.1, 0.15) is 18.9 Å². The van der Waals surface area contributed by atoms with Crippen LogP contribution in [0.5, 0.6) is 5.75 Å². The van der Waals surface area contributed by atoms with E-state index in [9.17, 15) is 0 Å². The lowest BCUT2D eigenvalue weighted by Crippen LogP contribution is -2.04. The fraction of sp³-hybridized carbons (Fsp3) is 0.429. The molecule has 0 saturated carbocycles. The molecule has 0 unspecified atom stereocenters. The Morgan fingerprint density at radius 3 is 2.56 bits per heavy atom. The summed E-state index contributed by atoms with van der Waals surface area (Å²) in [5, 5.41) is 0. The fourth-order valence-corrected chi connectivity index (χ4v) is 1.45. The predicted molar refractivity (Wildman–Crippen MR) is 66.6 cm³/mol. The average molecular weight is 220 g/mol. The van der Waals surface area contributed by atoms with Crippen LogP contribution in [-0.4, -0.2) is 13.7 Å². The van der Waals surface area contributed by atoms with Crippen LogP contribution >= 0.6 is 0 Å². The zero-order valence-corrected chi connectivity index (χ0v) is 10.1. The second-order valence-corrected chi connectivity index (χ2v) is 3.99. The number of benzene rings is 1. The number of hydrogen-bond donors (Lipinski definition) is 0. The van der Waals surface area contributed by atoms with Crippen molar-refractivity contribution in [2.75, 3.05) is 13.7 Å². The molecule has 88 valence electrons. The normalized spacial score (nSPS) is 12.1. The summed E-state index contributed by atoms with van der Waals surface area (Å²) in [4.78, 5) is 0. The van der Waals surface area contributed by atoms with Gasteiger partial charge in [-0.1, -0.05) is 25.1 Å². The van der Waals surface area contributed by atoms with Crippen LogP contribution in [-0.2, 0) is 11.3 Å². The van der Waals surface area contributed by atoms with Gasteiger partial charge in [-0.3, -0.25) is 0 Å². The summed E-state index contributed by atoms with van der Waals surface area (Å²) in [6.45, 7) is 7.31. The van der Waals surface area contributed by atoms with Crippen molar-refractivity contribution in [1.29, 1.82) is 0 Å². The monoisotopic (exact) mass is 220 g/mol. The van der Waals surface area contributed by atoms with Crippen LogP contribution in [0, 0.1) is 5.92 Å². The van der Waals surface area contributed by atoms with E-state index in [1.165, 1.54) is 5.56 Å². The van der Waals surface area contributed by atoms with Crippen molar-refractivity contribution in [3.8, 4) is 5.75 Å². The van der Waals surface area contributed by atoms with E-state index < -0.39 is 0 Å². The molecular weight excluding hydrogens is 200 g/mol. The zero-order valence-electron chi connectivity index (χ0n) is 10.1. The summed E-state index contributed by atoms with van der Waals surface area (Å²) in [6, 6.07) is 7.95. The summed E-state index contributed by atoms with van der Waals surface area (Å²) in [5.41, 5.74) is 1.17. The molecule has 0 N–H and O–H groups in total. The van der Waals surface area contributed by atoms with Gasteiger partial charge in [0.2, 0.25) is 0 Å². The van der Waals surface area contributed by atoms with Crippen molar-refractivity contribution >= 4 is 0 Å². The average Bonchev–Trinajstić information content (AvgIpc) is 2.30. The van der Waals surface area contributed by atoms with Gasteiger partial charge in [-0.2, -0.15) is 0 Å². The maximum Gasteiger partial charge on any atom is 0.118 e. The van der Waals surface area contributed by atoms with Gasteiger partial charge in [0.25, 0.3) is 0 Å². The Kier molecular flexibility index (Phi) is 5.65. The van der Waals surface area contributed by atoms with Crippen molar-refractivity contribution in [1.82, 2.24) is 0 Å². The van der Waals surface area contributed by atoms with Gasteiger partial charge < -0.3 is 9.47 Å². The predicted octanol–water partition coefficient (Wildman–Crippen LogP) is 3.42. The quantitative estimate of drug-likeness (QED) is 0.655. The molecule has 0 aliphatic rings. The highest BCUT2D eigenvalue weighted by Gasteiger charge is 2.00. The molecule has 1 aromatic carbocycles. The third-order valence-electron chi connectivity index (χ3n) is 2.40. The van der Waals surface area contributed by atoms with Gasteiger partial charge in [0.1, 0.15) is 5.75 Å². The number of hydrogen-bond acceptors (Lipinski definition) is 2. The van der Waals surface area contributed by atoms with Crippen LogP contribution in [0.4, 0.5) is 0 Å². The molecule has 1 aromatic rings. The molecule has 16 heavy (non-hydrogen) atoms. The lowest BCUT2D eigenvalue weighted by atomic mass is 10.1. The van der Waals surface area contributed by atoms with Crippen molar-refractivity contribution < 1.29 is 9.47 Å². The van der Waals surface area contributed by atoms with E-state index in [-0.39, 0.29) is 0 Å². The smallest absolute Gasteiger partial charge is 0.118 e. The topological polar surface area (TPSA) is 18.5 Å². The van der Waals surface area contributed by atoms with E-state index >= 15 is 0 Å². The maximum absolute atomic E-state index is 5.62. The van der Waals surface area contributed by atoms with Crippen molar-refractivity contribution in [3.05, 3.63) is 42.5 Å². The standard InChI is InChI=1S/C14H20O2/c1-4-5-12(2)10-16-11-13-6-8-14(15-3)9-7-13/h4,6-9,12H,1,5,10-11H2,2-3H3/t12-/m0/s1. The van der Waals surface area contributed by atoms with E-state index in [1.54, 1.807) is 7.11 Å². The van der Waals surface area contributed by atoms with E-state index in [4.69, 9.17) is 9.47 Å². The Morgan fingerprint density at radius 1 is 1.31 bits per heavy atom. The van der Waals surface area contributed by atoms with Gasteiger partial charge in [0, 0.05) is 6.61 Å². The molecule has 1 rings (SSSR count). The molecule has 1 atom stereocenters. The summed E-state index contributed by atoms with van der Waals surface area (Å²) in [7, 11) is 1.67. The molecule has 0 spiro atoms. The summed E-state index contributed by atoms with van der Waals surface area (Å²) in [5.74, 6) is 1.42.